The topological polar surface area (TPSA) is 87.6 Å². The number of amides is 1. The number of anilines is 1. The Labute approximate surface area is 156 Å². The van der Waals surface area contributed by atoms with Crippen LogP contribution >= 0.6 is 0 Å². The zero-order valence-corrected chi connectivity index (χ0v) is 15.9. The van der Waals surface area contributed by atoms with E-state index in [0.717, 1.165) is 26.2 Å². The second-order valence-electron chi connectivity index (χ2n) is 6.72. The molecular weight excluding hydrogens is 330 g/mol. The van der Waals surface area contributed by atoms with Gasteiger partial charge in [0.05, 0.1) is 18.4 Å². The lowest BCUT2D eigenvalue weighted by Crippen LogP contribution is -2.45. The number of aliphatic imine (C=N–C) groups is 1. The van der Waals surface area contributed by atoms with E-state index in [2.05, 4.69) is 25.9 Å². The monoisotopic (exact) mass is 361 g/mol. The van der Waals surface area contributed by atoms with Crippen LogP contribution < -0.4 is 16.0 Å². The fourth-order valence-electron chi connectivity index (χ4n) is 3.37. The summed E-state index contributed by atoms with van der Waals surface area (Å²) in [6, 6.07) is 3.59. The fourth-order valence-corrected chi connectivity index (χ4v) is 3.37. The molecule has 0 atom stereocenters. The normalized spacial score (nSPS) is 16.3. The third-order valence-corrected chi connectivity index (χ3v) is 4.86. The van der Waals surface area contributed by atoms with Gasteiger partial charge in [-0.15, -0.1) is 0 Å². The number of nitrogens with zero attached hydrogens (tertiary/aromatic N) is 2. The molecule has 0 spiro atoms. The standard InChI is InChI=1S/C19H31N5O2/c1-3-26-12-10-19(8-4-5-9-19)15-23-18(20-2)22-14-17(25)24-16-7-6-11-21-13-16/h6-7,11,13H,3-5,8-10,12,14-15H2,1-2H3,(H,24,25)(H2,20,22,23). The summed E-state index contributed by atoms with van der Waals surface area (Å²) in [5.41, 5.74) is 0.952. The van der Waals surface area contributed by atoms with Crippen LogP contribution in [-0.2, 0) is 9.53 Å². The first-order valence-electron chi connectivity index (χ1n) is 9.39. The Hall–Kier alpha value is -2.15. The van der Waals surface area contributed by atoms with Crippen LogP contribution in [0.25, 0.3) is 0 Å². The zero-order chi connectivity index (χ0) is 18.7. The van der Waals surface area contributed by atoms with E-state index in [1.165, 1.54) is 25.7 Å². The first-order chi connectivity index (χ1) is 12.7. The number of guanidine groups is 1. The largest absolute Gasteiger partial charge is 0.382 e. The summed E-state index contributed by atoms with van der Waals surface area (Å²) in [6.07, 6.45) is 9.32. The van der Waals surface area contributed by atoms with Gasteiger partial charge in [-0.3, -0.25) is 14.8 Å². The Balaban J connectivity index is 1.76. The molecular formula is C19H31N5O2. The van der Waals surface area contributed by atoms with Crippen molar-refractivity contribution in [1.29, 1.82) is 0 Å². The summed E-state index contributed by atoms with van der Waals surface area (Å²) in [5.74, 6) is 0.516. The smallest absolute Gasteiger partial charge is 0.243 e. The van der Waals surface area contributed by atoms with Crippen molar-refractivity contribution in [3.63, 3.8) is 0 Å². The summed E-state index contributed by atoms with van der Waals surface area (Å²) in [7, 11) is 1.72. The van der Waals surface area contributed by atoms with Crippen LogP contribution in [0, 0.1) is 5.41 Å². The Bertz CT molecular complexity index is 571. The molecule has 144 valence electrons. The lowest BCUT2D eigenvalue weighted by molar-refractivity contribution is -0.115. The van der Waals surface area contributed by atoms with E-state index in [1.54, 1.807) is 31.6 Å². The summed E-state index contributed by atoms with van der Waals surface area (Å²) >= 11 is 0. The van der Waals surface area contributed by atoms with Crippen LogP contribution in [0.1, 0.15) is 39.0 Å². The minimum Gasteiger partial charge on any atom is -0.382 e. The number of rotatable bonds is 9. The van der Waals surface area contributed by atoms with Gasteiger partial charge in [0, 0.05) is 33.0 Å². The number of nitrogens with one attached hydrogen (secondary N) is 3. The van der Waals surface area contributed by atoms with Crippen molar-refractivity contribution in [1.82, 2.24) is 15.6 Å². The number of hydrogen-bond acceptors (Lipinski definition) is 4. The van der Waals surface area contributed by atoms with Crippen LogP contribution in [0.4, 0.5) is 5.69 Å². The molecule has 0 aromatic carbocycles. The Morgan fingerprint density at radius 1 is 1.35 bits per heavy atom. The Kier molecular flexibility index (Phi) is 8.34. The summed E-state index contributed by atoms with van der Waals surface area (Å²) < 4.78 is 5.56. The molecule has 1 aromatic rings. The van der Waals surface area contributed by atoms with Crippen LogP contribution in [0.2, 0.25) is 0 Å². The van der Waals surface area contributed by atoms with E-state index in [1.807, 2.05) is 6.92 Å². The first-order valence-corrected chi connectivity index (χ1v) is 9.39. The van der Waals surface area contributed by atoms with Crippen molar-refractivity contribution in [2.75, 3.05) is 38.7 Å². The van der Waals surface area contributed by atoms with E-state index in [0.29, 0.717) is 11.6 Å². The van der Waals surface area contributed by atoms with Crippen LogP contribution in [-0.4, -0.2) is 50.2 Å². The van der Waals surface area contributed by atoms with Gasteiger partial charge in [-0.25, -0.2) is 0 Å². The number of aromatic nitrogens is 1. The second kappa shape index (κ2) is 10.8. The second-order valence-corrected chi connectivity index (χ2v) is 6.72. The number of carbonyl (C=O) groups is 1. The van der Waals surface area contributed by atoms with Crippen molar-refractivity contribution in [3.05, 3.63) is 24.5 Å². The molecule has 0 saturated heterocycles. The molecule has 7 nitrogen and oxygen atoms in total. The van der Waals surface area contributed by atoms with Gasteiger partial charge in [0.2, 0.25) is 5.91 Å². The highest BCUT2D eigenvalue weighted by molar-refractivity contribution is 5.94. The Morgan fingerprint density at radius 2 is 2.15 bits per heavy atom. The van der Waals surface area contributed by atoms with Crippen molar-refractivity contribution in [3.8, 4) is 0 Å². The third-order valence-electron chi connectivity index (χ3n) is 4.86. The lowest BCUT2D eigenvalue weighted by atomic mass is 9.83. The summed E-state index contributed by atoms with van der Waals surface area (Å²) in [4.78, 5) is 20.2. The third kappa shape index (κ3) is 6.63. The maximum Gasteiger partial charge on any atom is 0.243 e. The van der Waals surface area contributed by atoms with Gasteiger partial charge in [-0.2, -0.15) is 0 Å². The predicted molar refractivity (Wildman–Crippen MR) is 104 cm³/mol. The van der Waals surface area contributed by atoms with Gasteiger partial charge < -0.3 is 20.7 Å². The van der Waals surface area contributed by atoms with E-state index in [9.17, 15) is 4.79 Å². The van der Waals surface area contributed by atoms with Gasteiger partial charge >= 0.3 is 0 Å². The molecule has 1 aliphatic carbocycles. The zero-order valence-electron chi connectivity index (χ0n) is 15.9. The molecule has 1 aromatic heterocycles. The quantitative estimate of drug-likeness (QED) is 0.356. The molecule has 1 fully saturated rings. The molecule has 7 heteroatoms. The highest BCUT2D eigenvalue weighted by Gasteiger charge is 2.33. The molecule has 0 aliphatic heterocycles. The molecule has 1 amide bonds. The highest BCUT2D eigenvalue weighted by atomic mass is 16.5. The van der Waals surface area contributed by atoms with Crippen LogP contribution in [0.3, 0.4) is 0 Å². The van der Waals surface area contributed by atoms with Crippen LogP contribution in [0.15, 0.2) is 29.5 Å². The maximum absolute atomic E-state index is 12.0. The Morgan fingerprint density at radius 3 is 2.81 bits per heavy atom. The molecule has 0 bridgehead atoms. The summed E-state index contributed by atoms with van der Waals surface area (Å²) in [5, 5.41) is 9.26. The van der Waals surface area contributed by atoms with E-state index in [4.69, 9.17) is 4.74 Å². The SMILES string of the molecule is CCOCCC1(CNC(=NC)NCC(=O)Nc2cccnc2)CCCC1. The van der Waals surface area contributed by atoms with E-state index in [-0.39, 0.29) is 17.9 Å². The minimum absolute atomic E-state index is 0.132. The molecule has 26 heavy (non-hydrogen) atoms. The van der Waals surface area contributed by atoms with E-state index < -0.39 is 0 Å². The van der Waals surface area contributed by atoms with Gasteiger partial charge in [-0.1, -0.05) is 12.8 Å². The van der Waals surface area contributed by atoms with Crippen molar-refractivity contribution in [2.24, 2.45) is 10.4 Å². The molecule has 1 aliphatic rings. The molecule has 3 N–H and O–H groups in total. The van der Waals surface area contributed by atoms with Gasteiger partial charge in [0.25, 0.3) is 0 Å². The van der Waals surface area contributed by atoms with Gasteiger partial charge in [-0.05, 0) is 43.7 Å². The van der Waals surface area contributed by atoms with Crippen molar-refractivity contribution in [2.45, 2.75) is 39.0 Å². The predicted octanol–water partition coefficient (Wildman–Crippen LogP) is 2.17. The fraction of sp³-hybridized carbons (Fsp3) is 0.632. The van der Waals surface area contributed by atoms with Gasteiger partial charge in [0.15, 0.2) is 5.96 Å². The molecule has 1 saturated carbocycles. The number of hydrogen-bond donors (Lipinski definition) is 3. The van der Waals surface area contributed by atoms with Gasteiger partial charge in [0.1, 0.15) is 0 Å². The number of ether oxygens (including phenoxy) is 1. The highest BCUT2D eigenvalue weighted by Crippen LogP contribution is 2.40. The first kappa shape index (κ1) is 20.2. The molecule has 2 rings (SSSR count). The summed E-state index contributed by atoms with van der Waals surface area (Å²) in [6.45, 7) is 4.60. The number of pyridine rings is 1. The molecule has 0 unspecified atom stereocenters. The van der Waals surface area contributed by atoms with Crippen molar-refractivity contribution >= 4 is 17.6 Å². The van der Waals surface area contributed by atoms with Crippen molar-refractivity contribution < 1.29 is 9.53 Å². The minimum atomic E-state index is -0.132. The number of carbonyl (C=O) groups excluding carboxylic acids is 1. The molecule has 1 heterocycles. The maximum atomic E-state index is 12.0. The van der Waals surface area contributed by atoms with Crippen LogP contribution in [0.5, 0.6) is 0 Å². The van der Waals surface area contributed by atoms with E-state index >= 15 is 0 Å². The average Bonchev–Trinajstić information content (AvgIpc) is 3.12. The molecule has 0 radical (unpaired) electrons. The average molecular weight is 361 g/mol. The lowest BCUT2D eigenvalue weighted by Gasteiger charge is -2.30.